The van der Waals surface area contributed by atoms with Crippen molar-refractivity contribution in [3.05, 3.63) is 11.8 Å². The Kier molecular flexibility index (Phi) is 7.26. The maximum absolute atomic E-state index is 9.43. The molecule has 0 saturated carbocycles. The highest BCUT2D eigenvalue weighted by Crippen LogP contribution is 2.30. The molecular weight excluding hydrogens is 172 g/mol. The van der Waals surface area contributed by atoms with Crippen molar-refractivity contribution in [3.8, 4) is 0 Å². The molecule has 0 rings (SSSR count). The van der Waals surface area contributed by atoms with Crippen molar-refractivity contribution in [3.63, 3.8) is 0 Å². The first-order valence-corrected chi connectivity index (χ1v) is 5.82. The van der Waals surface area contributed by atoms with E-state index in [1.54, 1.807) is 5.92 Å². The minimum Gasteiger partial charge on any atom is -0.393 e. The summed E-state index contributed by atoms with van der Waals surface area (Å²) in [6, 6.07) is 0. The van der Waals surface area contributed by atoms with E-state index in [1.165, 1.54) is 5.92 Å². The predicted molar refractivity (Wildman–Crippen MR) is 62.8 cm³/mol. The summed E-state index contributed by atoms with van der Waals surface area (Å²) in [6.45, 7) is 10.7. The summed E-state index contributed by atoms with van der Waals surface area (Å²) in [5.74, 6) is 3.65. The van der Waals surface area contributed by atoms with E-state index in [-0.39, 0.29) is 6.10 Å². The second-order valence-electron chi connectivity index (χ2n) is 4.50. The van der Waals surface area contributed by atoms with Crippen LogP contribution in [0, 0.1) is 17.8 Å². The lowest BCUT2D eigenvalue weighted by Crippen LogP contribution is -2.17. The van der Waals surface area contributed by atoms with Crippen molar-refractivity contribution in [1.29, 1.82) is 0 Å². The van der Waals surface area contributed by atoms with E-state index in [2.05, 4.69) is 27.7 Å². The van der Waals surface area contributed by atoms with Gasteiger partial charge in [-0.3, -0.25) is 0 Å². The number of hydrogen-bond acceptors (Lipinski definition) is 1. The van der Waals surface area contributed by atoms with Gasteiger partial charge in [-0.25, -0.2) is 0 Å². The zero-order chi connectivity index (χ0) is 11.1. The van der Waals surface area contributed by atoms with Crippen LogP contribution in [0.1, 0.15) is 60.3 Å². The Bertz CT molecular complexity index is 131. The van der Waals surface area contributed by atoms with E-state index < -0.39 is 0 Å². The molecule has 0 heterocycles. The molecule has 0 fully saturated rings. The summed E-state index contributed by atoms with van der Waals surface area (Å²) in [5.41, 5.74) is 0. The molecule has 2 radical (unpaired) electrons. The fourth-order valence-electron chi connectivity index (χ4n) is 1.72. The third-order valence-electron chi connectivity index (χ3n) is 3.08. The minimum absolute atomic E-state index is 0.175. The minimum atomic E-state index is -0.175. The van der Waals surface area contributed by atoms with Gasteiger partial charge in [0.25, 0.3) is 0 Å². The topological polar surface area (TPSA) is 20.2 Å². The van der Waals surface area contributed by atoms with Gasteiger partial charge >= 0.3 is 0 Å². The summed E-state index contributed by atoms with van der Waals surface area (Å²) in [6.07, 6.45) is 4.19. The van der Waals surface area contributed by atoms with Crippen LogP contribution < -0.4 is 0 Å². The van der Waals surface area contributed by atoms with Crippen LogP contribution in [0.15, 0.2) is 0 Å². The average molecular weight is 198 g/mol. The van der Waals surface area contributed by atoms with Gasteiger partial charge in [0.15, 0.2) is 0 Å². The number of hydrogen-bond donors (Lipinski definition) is 1. The Morgan fingerprint density at radius 2 is 1.71 bits per heavy atom. The van der Waals surface area contributed by atoms with Gasteiger partial charge in [-0.2, -0.15) is 0 Å². The first-order valence-electron chi connectivity index (χ1n) is 5.82. The van der Waals surface area contributed by atoms with Crippen molar-refractivity contribution in [2.24, 2.45) is 5.92 Å². The van der Waals surface area contributed by atoms with Crippen LogP contribution in [-0.4, -0.2) is 11.2 Å². The molecule has 0 aliphatic rings. The van der Waals surface area contributed by atoms with Crippen LogP contribution in [0.2, 0.25) is 0 Å². The standard InChI is InChI=1S/C13H26O/c1-6-10(3)8-13(9-12(5)14)11(4)7-2/h12-14H,6-9H2,1-5H3. The van der Waals surface area contributed by atoms with Crippen molar-refractivity contribution in [2.45, 2.75) is 66.4 Å². The van der Waals surface area contributed by atoms with Gasteiger partial charge in [-0.15, -0.1) is 0 Å². The van der Waals surface area contributed by atoms with Crippen molar-refractivity contribution >= 4 is 0 Å². The Labute approximate surface area is 89.9 Å². The molecule has 84 valence electrons. The second-order valence-corrected chi connectivity index (χ2v) is 4.50. The highest BCUT2D eigenvalue weighted by Gasteiger charge is 2.20. The molecule has 0 aromatic rings. The molecule has 1 nitrogen and oxygen atoms in total. The summed E-state index contributed by atoms with van der Waals surface area (Å²) < 4.78 is 0. The molecular formula is C13H26O. The molecule has 0 aromatic carbocycles. The molecule has 2 atom stereocenters. The van der Waals surface area contributed by atoms with Crippen LogP contribution in [0.4, 0.5) is 0 Å². The molecule has 0 amide bonds. The second kappa shape index (κ2) is 7.28. The molecule has 14 heavy (non-hydrogen) atoms. The Balaban J connectivity index is 4.09. The Morgan fingerprint density at radius 1 is 1.14 bits per heavy atom. The fourth-order valence-corrected chi connectivity index (χ4v) is 1.72. The van der Waals surface area contributed by atoms with E-state index in [0.717, 1.165) is 25.7 Å². The van der Waals surface area contributed by atoms with E-state index in [0.29, 0.717) is 5.92 Å². The number of aliphatic hydroxyl groups is 1. The lowest BCUT2D eigenvalue weighted by Gasteiger charge is -2.26. The lowest BCUT2D eigenvalue weighted by molar-refractivity contribution is 0.160. The Hall–Kier alpha value is -0.0400. The highest BCUT2D eigenvalue weighted by atomic mass is 16.3. The van der Waals surface area contributed by atoms with Gasteiger partial charge < -0.3 is 5.11 Å². The molecule has 1 N–H and O–H groups in total. The first-order chi connectivity index (χ1) is 6.51. The van der Waals surface area contributed by atoms with E-state index in [1.807, 2.05) is 6.92 Å². The van der Waals surface area contributed by atoms with E-state index in [9.17, 15) is 5.11 Å². The molecule has 1 heteroatoms. The molecule has 0 saturated heterocycles. The first kappa shape index (κ1) is 14.0. The predicted octanol–water partition coefficient (Wildman–Crippen LogP) is 3.77. The number of rotatable bonds is 7. The zero-order valence-electron chi connectivity index (χ0n) is 10.4. The molecule has 0 aliphatic heterocycles. The molecule has 0 aromatic heterocycles. The maximum atomic E-state index is 9.43. The van der Waals surface area contributed by atoms with Crippen LogP contribution in [0.3, 0.4) is 0 Å². The molecule has 0 spiro atoms. The van der Waals surface area contributed by atoms with Gasteiger partial charge in [0.1, 0.15) is 0 Å². The largest absolute Gasteiger partial charge is 0.393 e. The third-order valence-corrected chi connectivity index (χ3v) is 3.08. The van der Waals surface area contributed by atoms with Gasteiger partial charge in [0, 0.05) is 0 Å². The van der Waals surface area contributed by atoms with Crippen LogP contribution in [-0.2, 0) is 0 Å². The van der Waals surface area contributed by atoms with Gasteiger partial charge in [-0.05, 0) is 43.9 Å². The summed E-state index contributed by atoms with van der Waals surface area (Å²) in [4.78, 5) is 0. The van der Waals surface area contributed by atoms with E-state index >= 15 is 0 Å². The molecule has 0 bridgehead atoms. The number of aliphatic hydroxyl groups excluding tert-OH is 1. The van der Waals surface area contributed by atoms with Crippen molar-refractivity contribution < 1.29 is 5.11 Å². The molecule has 0 aliphatic carbocycles. The van der Waals surface area contributed by atoms with Crippen LogP contribution in [0.25, 0.3) is 0 Å². The van der Waals surface area contributed by atoms with Crippen LogP contribution in [0.5, 0.6) is 0 Å². The fraction of sp³-hybridized carbons (Fsp3) is 0.846. The summed E-state index contributed by atoms with van der Waals surface area (Å²) >= 11 is 0. The highest BCUT2D eigenvalue weighted by molar-refractivity contribution is 4.97. The van der Waals surface area contributed by atoms with Crippen molar-refractivity contribution in [1.82, 2.24) is 0 Å². The summed E-state index contributed by atoms with van der Waals surface area (Å²) in [5, 5.41) is 9.43. The average Bonchev–Trinajstić information content (AvgIpc) is 2.14. The zero-order valence-corrected chi connectivity index (χ0v) is 10.4. The monoisotopic (exact) mass is 198 g/mol. The van der Waals surface area contributed by atoms with Crippen molar-refractivity contribution in [2.75, 3.05) is 0 Å². The molecule has 2 unspecified atom stereocenters. The maximum Gasteiger partial charge on any atom is 0.0515 e. The van der Waals surface area contributed by atoms with Gasteiger partial charge in [0.05, 0.1) is 6.10 Å². The van der Waals surface area contributed by atoms with Crippen LogP contribution >= 0.6 is 0 Å². The van der Waals surface area contributed by atoms with E-state index in [4.69, 9.17) is 0 Å². The normalized spacial score (nSPS) is 16.3. The lowest BCUT2D eigenvalue weighted by atomic mass is 9.80. The SMILES string of the molecule is CC[C](C)CC(CC(C)O)[C](C)CC. The third kappa shape index (κ3) is 5.64. The Morgan fingerprint density at radius 3 is 2.07 bits per heavy atom. The van der Waals surface area contributed by atoms with Gasteiger partial charge in [0.2, 0.25) is 0 Å². The van der Waals surface area contributed by atoms with Gasteiger partial charge in [-0.1, -0.05) is 34.1 Å². The smallest absolute Gasteiger partial charge is 0.0515 e. The summed E-state index contributed by atoms with van der Waals surface area (Å²) in [7, 11) is 0. The quantitative estimate of drug-likeness (QED) is 0.660.